The van der Waals surface area contributed by atoms with Crippen molar-refractivity contribution in [2.45, 2.75) is 19.9 Å². The second-order valence-electron chi connectivity index (χ2n) is 4.17. The van der Waals surface area contributed by atoms with E-state index in [0.717, 1.165) is 24.3 Å². The first-order valence-electron chi connectivity index (χ1n) is 6.18. The maximum Gasteiger partial charge on any atom is 0.265 e. The highest BCUT2D eigenvalue weighted by Crippen LogP contribution is 2.11. The Morgan fingerprint density at radius 3 is 2.95 bits per heavy atom. The molecule has 0 saturated carbocycles. The minimum Gasteiger partial charge on any atom is -0.370 e. The van der Waals surface area contributed by atoms with E-state index in [2.05, 4.69) is 22.3 Å². The Morgan fingerprint density at radius 1 is 1.32 bits per heavy atom. The zero-order chi connectivity index (χ0) is 13.7. The van der Waals surface area contributed by atoms with Gasteiger partial charge in [0.25, 0.3) is 11.1 Å². The molecular weight excluding hydrogens is 244 g/mol. The molecule has 0 unspecified atom stereocenters. The number of rotatable bonds is 5. The van der Waals surface area contributed by atoms with Gasteiger partial charge in [0.15, 0.2) is 0 Å². The molecule has 6 nitrogen and oxygen atoms in total. The standard InChI is InChI=1S/C13H16N4O2/c1-2-7-14-13-10(4-3-8-15-13)9-17-12(19)6-5-11(18)16-17/h3-6,8H,2,7,9H2,1H3,(H,14,15)(H,16,18). The lowest BCUT2D eigenvalue weighted by molar-refractivity contribution is 0.626. The van der Waals surface area contributed by atoms with Crippen LogP contribution < -0.4 is 16.4 Å². The number of nitrogens with one attached hydrogen (secondary N) is 2. The highest BCUT2D eigenvalue weighted by molar-refractivity contribution is 5.43. The number of aromatic amines is 1. The van der Waals surface area contributed by atoms with E-state index in [0.29, 0.717) is 0 Å². The molecule has 2 N–H and O–H groups in total. The molecule has 0 aromatic carbocycles. The topological polar surface area (TPSA) is 79.8 Å². The first-order chi connectivity index (χ1) is 9.20. The fraction of sp³-hybridized carbons (Fsp3) is 0.308. The van der Waals surface area contributed by atoms with Crippen LogP contribution in [0.25, 0.3) is 0 Å². The molecule has 0 aliphatic rings. The van der Waals surface area contributed by atoms with Gasteiger partial charge < -0.3 is 5.32 Å². The Bertz CT molecular complexity index is 660. The van der Waals surface area contributed by atoms with Crippen LogP contribution in [0.2, 0.25) is 0 Å². The quantitative estimate of drug-likeness (QED) is 0.833. The molecule has 2 aromatic heterocycles. The van der Waals surface area contributed by atoms with Crippen LogP contribution in [0.4, 0.5) is 5.82 Å². The van der Waals surface area contributed by atoms with E-state index in [1.165, 1.54) is 16.8 Å². The summed E-state index contributed by atoms with van der Waals surface area (Å²) in [4.78, 5) is 27.1. The van der Waals surface area contributed by atoms with E-state index in [9.17, 15) is 9.59 Å². The minimum absolute atomic E-state index is 0.245. The summed E-state index contributed by atoms with van der Waals surface area (Å²) in [7, 11) is 0. The predicted octanol–water partition coefficient (Wildman–Crippen LogP) is 0.802. The molecule has 100 valence electrons. The summed E-state index contributed by atoms with van der Waals surface area (Å²) in [6.07, 6.45) is 2.68. The summed E-state index contributed by atoms with van der Waals surface area (Å²) in [5, 5.41) is 5.70. The normalized spacial score (nSPS) is 10.4. The van der Waals surface area contributed by atoms with Gasteiger partial charge in [0.1, 0.15) is 5.82 Å². The van der Waals surface area contributed by atoms with Crippen LogP contribution in [-0.2, 0) is 6.54 Å². The van der Waals surface area contributed by atoms with Crippen molar-refractivity contribution in [3.8, 4) is 0 Å². The van der Waals surface area contributed by atoms with E-state index >= 15 is 0 Å². The number of hydrogen-bond acceptors (Lipinski definition) is 4. The summed E-state index contributed by atoms with van der Waals surface area (Å²) < 4.78 is 1.27. The fourth-order valence-electron chi connectivity index (χ4n) is 1.72. The Morgan fingerprint density at radius 2 is 2.16 bits per heavy atom. The van der Waals surface area contributed by atoms with Crippen LogP contribution in [0, 0.1) is 0 Å². The number of aromatic nitrogens is 3. The second kappa shape index (κ2) is 5.99. The summed E-state index contributed by atoms with van der Waals surface area (Å²) in [6, 6.07) is 6.16. The van der Waals surface area contributed by atoms with Crippen LogP contribution in [0.5, 0.6) is 0 Å². The maximum absolute atomic E-state index is 11.7. The lowest BCUT2D eigenvalue weighted by Gasteiger charge is -2.11. The van der Waals surface area contributed by atoms with Crippen molar-refractivity contribution in [3.05, 3.63) is 56.7 Å². The first-order valence-corrected chi connectivity index (χ1v) is 6.18. The average Bonchev–Trinajstić information content (AvgIpc) is 2.42. The molecule has 0 aliphatic heterocycles. The van der Waals surface area contributed by atoms with Crippen LogP contribution in [-0.4, -0.2) is 21.3 Å². The van der Waals surface area contributed by atoms with Crippen molar-refractivity contribution in [2.24, 2.45) is 0 Å². The largest absolute Gasteiger partial charge is 0.370 e. The molecule has 0 radical (unpaired) electrons. The Kier molecular flexibility index (Phi) is 4.12. The van der Waals surface area contributed by atoms with Gasteiger partial charge in [0.2, 0.25) is 0 Å². The molecular formula is C13H16N4O2. The number of hydrogen-bond donors (Lipinski definition) is 2. The van der Waals surface area contributed by atoms with Gasteiger partial charge in [-0.1, -0.05) is 13.0 Å². The Hall–Kier alpha value is -2.37. The van der Waals surface area contributed by atoms with Gasteiger partial charge in [-0.25, -0.2) is 9.67 Å². The minimum atomic E-state index is -0.299. The van der Waals surface area contributed by atoms with Gasteiger partial charge in [-0.3, -0.25) is 14.7 Å². The molecule has 0 amide bonds. The van der Waals surface area contributed by atoms with Gasteiger partial charge in [-0.2, -0.15) is 0 Å². The average molecular weight is 260 g/mol. The molecule has 0 bridgehead atoms. The number of nitrogens with zero attached hydrogens (tertiary/aromatic N) is 2. The van der Waals surface area contributed by atoms with Gasteiger partial charge in [0, 0.05) is 30.4 Å². The monoisotopic (exact) mass is 260 g/mol. The zero-order valence-electron chi connectivity index (χ0n) is 10.7. The fourth-order valence-corrected chi connectivity index (χ4v) is 1.72. The third-order valence-electron chi connectivity index (χ3n) is 2.65. The van der Waals surface area contributed by atoms with Gasteiger partial charge in [-0.05, 0) is 12.5 Å². The molecule has 0 aliphatic carbocycles. The van der Waals surface area contributed by atoms with Crippen molar-refractivity contribution in [3.63, 3.8) is 0 Å². The number of pyridine rings is 1. The van der Waals surface area contributed by atoms with E-state index in [-0.39, 0.29) is 17.7 Å². The lowest BCUT2D eigenvalue weighted by atomic mass is 10.2. The summed E-state index contributed by atoms with van der Waals surface area (Å²) in [6.45, 7) is 3.16. The number of H-pyrrole nitrogens is 1. The lowest BCUT2D eigenvalue weighted by Crippen LogP contribution is -2.28. The van der Waals surface area contributed by atoms with E-state index in [4.69, 9.17) is 0 Å². The Labute approximate surface area is 110 Å². The molecule has 2 rings (SSSR count). The van der Waals surface area contributed by atoms with Crippen molar-refractivity contribution in [2.75, 3.05) is 11.9 Å². The SMILES string of the molecule is CCCNc1ncccc1Cn1[nH]c(=O)ccc1=O. The Balaban J connectivity index is 2.30. The third-order valence-corrected chi connectivity index (χ3v) is 2.65. The number of anilines is 1. The van der Waals surface area contributed by atoms with Crippen molar-refractivity contribution >= 4 is 5.82 Å². The molecule has 0 spiro atoms. The molecule has 0 atom stereocenters. The van der Waals surface area contributed by atoms with Gasteiger partial charge in [0.05, 0.1) is 6.54 Å². The smallest absolute Gasteiger partial charge is 0.265 e. The first kappa shape index (κ1) is 13.1. The second-order valence-corrected chi connectivity index (χ2v) is 4.17. The molecule has 2 aromatic rings. The molecule has 0 fully saturated rings. The van der Waals surface area contributed by atoms with Crippen molar-refractivity contribution < 1.29 is 0 Å². The molecule has 0 saturated heterocycles. The maximum atomic E-state index is 11.7. The summed E-state index contributed by atoms with van der Waals surface area (Å²) in [5.74, 6) is 0.737. The zero-order valence-corrected chi connectivity index (χ0v) is 10.7. The predicted molar refractivity (Wildman–Crippen MR) is 73.4 cm³/mol. The van der Waals surface area contributed by atoms with E-state index in [1.807, 2.05) is 6.07 Å². The van der Waals surface area contributed by atoms with E-state index in [1.54, 1.807) is 12.3 Å². The highest BCUT2D eigenvalue weighted by atomic mass is 16.1. The molecule has 2 heterocycles. The third kappa shape index (κ3) is 3.31. The van der Waals surface area contributed by atoms with Crippen LogP contribution in [0.1, 0.15) is 18.9 Å². The highest BCUT2D eigenvalue weighted by Gasteiger charge is 2.05. The van der Waals surface area contributed by atoms with Gasteiger partial charge >= 0.3 is 0 Å². The molecule has 19 heavy (non-hydrogen) atoms. The van der Waals surface area contributed by atoms with Crippen LogP contribution >= 0.6 is 0 Å². The van der Waals surface area contributed by atoms with Crippen LogP contribution in [0.3, 0.4) is 0 Å². The van der Waals surface area contributed by atoms with Crippen molar-refractivity contribution in [1.29, 1.82) is 0 Å². The molecule has 6 heteroatoms. The van der Waals surface area contributed by atoms with Crippen LogP contribution in [0.15, 0.2) is 40.1 Å². The van der Waals surface area contributed by atoms with Crippen molar-refractivity contribution in [1.82, 2.24) is 14.8 Å². The van der Waals surface area contributed by atoms with E-state index < -0.39 is 0 Å². The summed E-state index contributed by atoms with van der Waals surface area (Å²) >= 11 is 0. The van der Waals surface area contributed by atoms with Gasteiger partial charge in [-0.15, -0.1) is 0 Å². The summed E-state index contributed by atoms with van der Waals surface area (Å²) in [5.41, 5.74) is 0.316.